The number of hydrogen-bond donors (Lipinski definition) is 1. The Kier molecular flexibility index (Phi) is 2.73. The molecular weight excluding hydrogens is 232 g/mol. The first-order valence-electron chi connectivity index (χ1n) is 5.90. The van der Waals surface area contributed by atoms with E-state index in [0.29, 0.717) is 10.8 Å². The van der Waals surface area contributed by atoms with Crippen molar-refractivity contribution in [2.45, 2.75) is 30.1 Å². The van der Waals surface area contributed by atoms with Gasteiger partial charge in [-0.2, -0.15) is 0 Å². The topological polar surface area (TPSA) is 37.3 Å². The largest absolute Gasteiger partial charge is 0.302 e. The van der Waals surface area contributed by atoms with Crippen LogP contribution in [0.25, 0.3) is 10.8 Å². The normalized spacial score (nSPS) is 17.9. The summed E-state index contributed by atoms with van der Waals surface area (Å²) < 4.78 is 20.6. The van der Waals surface area contributed by atoms with Crippen LogP contribution < -0.4 is 0 Å². The quantitative estimate of drug-likeness (QED) is 0.820. The van der Waals surface area contributed by atoms with Gasteiger partial charge in [0, 0.05) is 5.39 Å². The summed E-state index contributed by atoms with van der Waals surface area (Å²) in [4.78, 5) is 0.517. The molecule has 2 aromatic carbocycles. The molecule has 0 amide bonds. The predicted molar refractivity (Wildman–Crippen MR) is 69.6 cm³/mol. The van der Waals surface area contributed by atoms with E-state index in [1.54, 1.807) is 6.07 Å². The number of rotatable bonds is 2. The van der Waals surface area contributed by atoms with Gasteiger partial charge >= 0.3 is 0 Å². The molecule has 1 unspecified atom stereocenters. The first-order valence-corrected chi connectivity index (χ1v) is 7.00. The Morgan fingerprint density at radius 3 is 2.41 bits per heavy atom. The van der Waals surface area contributed by atoms with Crippen molar-refractivity contribution in [1.82, 2.24) is 0 Å². The fraction of sp³-hybridized carbons (Fsp3) is 0.286. The van der Waals surface area contributed by atoms with Crippen LogP contribution in [0.5, 0.6) is 0 Å². The highest BCUT2D eigenvalue weighted by Crippen LogP contribution is 2.40. The first-order chi connectivity index (χ1) is 8.27. The summed E-state index contributed by atoms with van der Waals surface area (Å²) in [5, 5.41) is 2.05. The van der Waals surface area contributed by atoms with Crippen LogP contribution in [-0.4, -0.2) is 8.76 Å². The lowest BCUT2D eigenvalue weighted by molar-refractivity contribution is 0.422. The molecule has 1 aliphatic rings. The Morgan fingerprint density at radius 2 is 1.76 bits per heavy atom. The summed E-state index contributed by atoms with van der Waals surface area (Å²) >= 11 is -1.91. The van der Waals surface area contributed by atoms with Gasteiger partial charge in [0.2, 0.25) is 0 Å². The fourth-order valence-corrected chi connectivity index (χ4v) is 3.09. The Balaban J connectivity index is 2.25. The minimum absolute atomic E-state index is 0.517. The second-order valence-electron chi connectivity index (χ2n) is 4.58. The van der Waals surface area contributed by atoms with E-state index in [9.17, 15) is 8.76 Å². The smallest absolute Gasteiger partial charge is 0.187 e. The Morgan fingerprint density at radius 1 is 1.06 bits per heavy atom. The van der Waals surface area contributed by atoms with E-state index in [1.807, 2.05) is 18.2 Å². The average molecular weight is 246 g/mol. The SMILES string of the molecule is O=S(O)c1cccc2c(C3CCC3)cccc12. The molecule has 0 bridgehead atoms. The van der Waals surface area contributed by atoms with Gasteiger partial charge in [-0.15, -0.1) is 0 Å². The average Bonchev–Trinajstić information content (AvgIpc) is 2.26. The molecule has 0 aliphatic heterocycles. The Hall–Kier alpha value is -1.19. The molecule has 3 rings (SSSR count). The van der Waals surface area contributed by atoms with Crippen LogP contribution in [-0.2, 0) is 11.1 Å². The molecule has 1 N–H and O–H groups in total. The maximum atomic E-state index is 11.3. The summed E-state index contributed by atoms with van der Waals surface area (Å²) in [7, 11) is 0. The molecule has 1 aliphatic carbocycles. The maximum Gasteiger partial charge on any atom is 0.187 e. The molecule has 3 heteroatoms. The van der Waals surface area contributed by atoms with Crippen LogP contribution >= 0.6 is 0 Å². The standard InChI is InChI=1S/C14H14O2S/c15-17(16)14-9-3-7-12-11(10-4-1-5-10)6-2-8-13(12)14/h2-3,6-10H,1,4-5H2,(H,15,16). The van der Waals surface area contributed by atoms with Crippen molar-refractivity contribution in [3.8, 4) is 0 Å². The molecule has 1 atom stereocenters. The summed E-state index contributed by atoms with van der Waals surface area (Å²) in [5.74, 6) is 0.640. The lowest BCUT2D eigenvalue weighted by Gasteiger charge is -2.27. The van der Waals surface area contributed by atoms with Gasteiger partial charge in [-0.05, 0) is 35.8 Å². The second-order valence-corrected chi connectivity index (χ2v) is 5.51. The van der Waals surface area contributed by atoms with Crippen molar-refractivity contribution >= 4 is 21.9 Å². The molecule has 1 saturated carbocycles. The molecule has 1 fully saturated rings. The Labute approximate surface area is 103 Å². The molecule has 0 heterocycles. The molecule has 17 heavy (non-hydrogen) atoms. The van der Waals surface area contributed by atoms with E-state index >= 15 is 0 Å². The van der Waals surface area contributed by atoms with Crippen molar-refractivity contribution in [2.24, 2.45) is 0 Å². The molecule has 0 spiro atoms. The van der Waals surface area contributed by atoms with Crippen molar-refractivity contribution in [3.05, 3.63) is 42.0 Å². The van der Waals surface area contributed by atoms with Gasteiger partial charge in [0.1, 0.15) is 0 Å². The zero-order chi connectivity index (χ0) is 11.8. The van der Waals surface area contributed by atoms with E-state index in [4.69, 9.17) is 0 Å². The van der Waals surface area contributed by atoms with Gasteiger partial charge in [0.15, 0.2) is 11.1 Å². The highest BCUT2D eigenvalue weighted by molar-refractivity contribution is 7.79. The molecule has 2 aromatic rings. The molecule has 0 saturated heterocycles. The van der Waals surface area contributed by atoms with Crippen LogP contribution in [0.1, 0.15) is 30.7 Å². The predicted octanol–water partition coefficient (Wildman–Crippen LogP) is 3.69. The van der Waals surface area contributed by atoms with Crippen LogP contribution in [0.4, 0.5) is 0 Å². The van der Waals surface area contributed by atoms with Crippen LogP contribution in [0.15, 0.2) is 41.3 Å². The lowest BCUT2D eigenvalue weighted by Crippen LogP contribution is -2.09. The summed E-state index contributed by atoms with van der Waals surface area (Å²) in [5.41, 5.74) is 1.33. The third-order valence-electron chi connectivity index (χ3n) is 3.65. The van der Waals surface area contributed by atoms with Crippen LogP contribution in [0.3, 0.4) is 0 Å². The highest BCUT2D eigenvalue weighted by Gasteiger charge is 2.21. The van der Waals surface area contributed by atoms with Gasteiger partial charge < -0.3 is 4.55 Å². The van der Waals surface area contributed by atoms with Gasteiger partial charge in [0.25, 0.3) is 0 Å². The third kappa shape index (κ3) is 1.79. The number of hydrogen-bond acceptors (Lipinski definition) is 1. The summed E-state index contributed by atoms with van der Waals surface area (Å²) in [6.07, 6.45) is 3.78. The zero-order valence-corrected chi connectivity index (χ0v) is 10.2. The summed E-state index contributed by atoms with van der Waals surface area (Å²) in [6.45, 7) is 0. The van der Waals surface area contributed by atoms with Gasteiger partial charge in [-0.25, -0.2) is 4.21 Å². The molecule has 2 nitrogen and oxygen atoms in total. The third-order valence-corrected chi connectivity index (χ3v) is 4.38. The number of benzene rings is 2. The molecule has 0 aromatic heterocycles. The van der Waals surface area contributed by atoms with E-state index in [2.05, 4.69) is 12.1 Å². The van der Waals surface area contributed by atoms with Crippen molar-refractivity contribution in [3.63, 3.8) is 0 Å². The minimum Gasteiger partial charge on any atom is -0.302 e. The monoisotopic (exact) mass is 246 g/mol. The van der Waals surface area contributed by atoms with Crippen molar-refractivity contribution < 1.29 is 8.76 Å². The molecule has 0 radical (unpaired) electrons. The number of fused-ring (bicyclic) bond motifs is 1. The van der Waals surface area contributed by atoms with Gasteiger partial charge in [0.05, 0.1) is 4.90 Å². The van der Waals surface area contributed by atoms with Gasteiger partial charge in [-0.1, -0.05) is 36.8 Å². The fourth-order valence-electron chi connectivity index (χ4n) is 2.53. The van der Waals surface area contributed by atoms with E-state index < -0.39 is 11.1 Å². The second kappa shape index (κ2) is 4.24. The van der Waals surface area contributed by atoms with E-state index in [1.165, 1.54) is 24.8 Å². The van der Waals surface area contributed by atoms with E-state index in [-0.39, 0.29) is 0 Å². The van der Waals surface area contributed by atoms with Crippen molar-refractivity contribution in [2.75, 3.05) is 0 Å². The Bertz CT molecular complexity index is 588. The maximum absolute atomic E-state index is 11.3. The lowest BCUT2D eigenvalue weighted by atomic mass is 9.78. The van der Waals surface area contributed by atoms with Gasteiger partial charge in [-0.3, -0.25) is 0 Å². The molecular formula is C14H14O2S. The first kappa shape index (κ1) is 10.9. The van der Waals surface area contributed by atoms with E-state index in [0.717, 1.165) is 10.8 Å². The highest BCUT2D eigenvalue weighted by atomic mass is 32.2. The van der Waals surface area contributed by atoms with Crippen molar-refractivity contribution in [1.29, 1.82) is 0 Å². The van der Waals surface area contributed by atoms with Crippen LogP contribution in [0.2, 0.25) is 0 Å². The van der Waals surface area contributed by atoms with Crippen LogP contribution in [0, 0.1) is 0 Å². The summed E-state index contributed by atoms with van der Waals surface area (Å²) in [6, 6.07) is 11.7. The molecule has 88 valence electrons. The minimum atomic E-state index is -1.91. The zero-order valence-electron chi connectivity index (χ0n) is 9.43.